The van der Waals surface area contributed by atoms with Gasteiger partial charge in [0.1, 0.15) is 17.5 Å². The van der Waals surface area contributed by atoms with E-state index < -0.39 is 18.0 Å². The van der Waals surface area contributed by atoms with Crippen molar-refractivity contribution in [3.63, 3.8) is 0 Å². The summed E-state index contributed by atoms with van der Waals surface area (Å²) in [5, 5.41) is 9.85. The van der Waals surface area contributed by atoms with Gasteiger partial charge in [0.2, 0.25) is 11.8 Å². The lowest BCUT2D eigenvalue weighted by Gasteiger charge is -2.38. The molecule has 2 aromatic rings. The number of nitrogens with zero attached hydrogens (tertiary/aromatic N) is 3. The minimum absolute atomic E-state index is 0.0518. The van der Waals surface area contributed by atoms with Gasteiger partial charge in [-0.1, -0.05) is 25.1 Å². The van der Waals surface area contributed by atoms with E-state index in [-0.39, 0.29) is 41.7 Å². The van der Waals surface area contributed by atoms with Crippen LogP contribution in [0.1, 0.15) is 37.0 Å². The van der Waals surface area contributed by atoms with Crippen molar-refractivity contribution in [2.75, 3.05) is 40.0 Å². The quantitative estimate of drug-likeness (QED) is 0.657. The summed E-state index contributed by atoms with van der Waals surface area (Å²) < 4.78 is 26.1. The standard InChI is InChI=1S/C27H34FN3O5/c1-17-14-31(18(2)16-32)27(34)22-12-20(21-6-4-5-7-23(21)28)13-29-25(22)36-24(17)15-30(3)26(33)19-8-10-35-11-9-19/h4-7,12-13,17-19,24,32H,8-11,14-16H2,1-3H3/t17-,18-,24-/m0/s1. The summed E-state index contributed by atoms with van der Waals surface area (Å²) in [6, 6.07) is 7.45. The molecular weight excluding hydrogens is 465 g/mol. The molecule has 1 aromatic heterocycles. The van der Waals surface area contributed by atoms with E-state index in [9.17, 15) is 19.1 Å². The van der Waals surface area contributed by atoms with Gasteiger partial charge in [-0.2, -0.15) is 0 Å². The molecule has 0 aliphatic carbocycles. The van der Waals surface area contributed by atoms with E-state index in [1.807, 2.05) is 6.92 Å². The Balaban J connectivity index is 1.66. The van der Waals surface area contributed by atoms with E-state index in [2.05, 4.69) is 4.98 Å². The Kier molecular flexibility index (Phi) is 8.21. The maximum absolute atomic E-state index is 14.5. The van der Waals surface area contributed by atoms with Crippen LogP contribution in [0.4, 0.5) is 4.39 Å². The van der Waals surface area contributed by atoms with Gasteiger partial charge in [-0.15, -0.1) is 0 Å². The average molecular weight is 500 g/mol. The molecule has 0 spiro atoms. The van der Waals surface area contributed by atoms with Crippen molar-refractivity contribution in [3.8, 4) is 17.0 Å². The molecule has 4 rings (SSSR count). The van der Waals surface area contributed by atoms with Crippen LogP contribution in [0.25, 0.3) is 11.1 Å². The zero-order valence-electron chi connectivity index (χ0n) is 21.0. The van der Waals surface area contributed by atoms with Crippen LogP contribution < -0.4 is 4.74 Å². The smallest absolute Gasteiger partial charge is 0.259 e. The number of pyridine rings is 1. The number of benzene rings is 1. The van der Waals surface area contributed by atoms with Crippen LogP contribution >= 0.6 is 0 Å². The summed E-state index contributed by atoms with van der Waals surface area (Å²) in [7, 11) is 1.77. The maximum atomic E-state index is 14.5. The van der Waals surface area contributed by atoms with Crippen molar-refractivity contribution in [1.82, 2.24) is 14.8 Å². The summed E-state index contributed by atoms with van der Waals surface area (Å²) >= 11 is 0. The molecule has 1 fully saturated rings. The van der Waals surface area contributed by atoms with Gasteiger partial charge in [0, 0.05) is 56.0 Å². The Morgan fingerprint density at radius 1 is 1.28 bits per heavy atom. The lowest BCUT2D eigenvalue weighted by Crippen LogP contribution is -2.51. The lowest BCUT2D eigenvalue weighted by molar-refractivity contribution is -0.138. The fourth-order valence-corrected chi connectivity index (χ4v) is 4.78. The fourth-order valence-electron chi connectivity index (χ4n) is 4.78. The highest BCUT2D eigenvalue weighted by Crippen LogP contribution is 2.31. The predicted molar refractivity (Wildman–Crippen MR) is 132 cm³/mol. The zero-order valence-corrected chi connectivity index (χ0v) is 21.0. The largest absolute Gasteiger partial charge is 0.472 e. The molecule has 3 heterocycles. The second-order valence-corrected chi connectivity index (χ2v) is 9.78. The van der Waals surface area contributed by atoms with Crippen molar-refractivity contribution >= 4 is 11.8 Å². The van der Waals surface area contributed by atoms with Crippen molar-refractivity contribution < 1.29 is 28.6 Å². The number of carbonyl (C=O) groups excluding carboxylic acids is 2. The van der Waals surface area contributed by atoms with Gasteiger partial charge >= 0.3 is 0 Å². The van der Waals surface area contributed by atoms with Gasteiger partial charge in [0.15, 0.2) is 0 Å². The van der Waals surface area contributed by atoms with E-state index in [4.69, 9.17) is 9.47 Å². The number of aliphatic hydroxyl groups excluding tert-OH is 1. The molecule has 0 radical (unpaired) electrons. The minimum Gasteiger partial charge on any atom is -0.472 e. The molecule has 0 saturated carbocycles. The number of rotatable bonds is 6. The second kappa shape index (κ2) is 11.3. The Bertz CT molecular complexity index is 1090. The first-order valence-corrected chi connectivity index (χ1v) is 12.5. The number of amides is 2. The molecule has 36 heavy (non-hydrogen) atoms. The first-order valence-electron chi connectivity index (χ1n) is 12.5. The Hall–Kier alpha value is -3.04. The van der Waals surface area contributed by atoms with E-state index in [0.717, 1.165) is 0 Å². The summed E-state index contributed by atoms with van der Waals surface area (Å²) in [5.74, 6) is -0.787. The molecule has 2 aliphatic rings. The minimum atomic E-state index is -0.440. The third-order valence-corrected chi connectivity index (χ3v) is 7.11. The van der Waals surface area contributed by atoms with Crippen LogP contribution in [0, 0.1) is 17.7 Å². The van der Waals surface area contributed by atoms with Gasteiger partial charge in [0.05, 0.1) is 19.2 Å². The van der Waals surface area contributed by atoms with E-state index >= 15 is 0 Å². The number of aliphatic hydroxyl groups is 1. The highest BCUT2D eigenvalue weighted by molar-refractivity contribution is 5.98. The summed E-state index contributed by atoms with van der Waals surface area (Å²) in [6.45, 7) is 5.34. The number of halogens is 1. The summed E-state index contributed by atoms with van der Waals surface area (Å²) in [6.07, 6.45) is 2.45. The normalized spacial score (nSPS) is 21.7. The van der Waals surface area contributed by atoms with Crippen LogP contribution in [0.5, 0.6) is 5.88 Å². The maximum Gasteiger partial charge on any atom is 0.259 e. The number of likely N-dealkylation sites (N-methyl/N-ethyl adjacent to an activating group) is 1. The zero-order chi connectivity index (χ0) is 25.8. The first-order chi connectivity index (χ1) is 17.3. The highest BCUT2D eigenvalue weighted by atomic mass is 19.1. The van der Waals surface area contributed by atoms with E-state index in [0.29, 0.717) is 50.3 Å². The Morgan fingerprint density at radius 3 is 2.69 bits per heavy atom. The molecular formula is C27H34FN3O5. The van der Waals surface area contributed by atoms with Crippen molar-refractivity contribution in [1.29, 1.82) is 0 Å². The second-order valence-electron chi connectivity index (χ2n) is 9.78. The SMILES string of the molecule is C[C@H]1CN([C@@H](C)CO)C(=O)c2cc(-c3ccccc3F)cnc2O[C@H]1CN(C)C(=O)C1CCOCC1. The third-order valence-electron chi connectivity index (χ3n) is 7.11. The molecule has 1 saturated heterocycles. The van der Waals surface area contributed by atoms with Crippen LogP contribution in [0.2, 0.25) is 0 Å². The van der Waals surface area contributed by atoms with Crippen molar-refractivity contribution in [2.45, 2.75) is 38.8 Å². The molecule has 9 heteroatoms. The average Bonchev–Trinajstić information content (AvgIpc) is 2.90. The highest BCUT2D eigenvalue weighted by Gasteiger charge is 2.35. The van der Waals surface area contributed by atoms with Crippen LogP contribution in [0.15, 0.2) is 36.5 Å². The number of carbonyl (C=O) groups is 2. The van der Waals surface area contributed by atoms with Crippen molar-refractivity contribution in [3.05, 3.63) is 47.9 Å². The molecule has 1 N–H and O–H groups in total. The molecule has 2 amide bonds. The summed E-state index contributed by atoms with van der Waals surface area (Å²) in [5.41, 5.74) is 0.986. The van der Waals surface area contributed by atoms with Gasteiger partial charge in [-0.25, -0.2) is 9.37 Å². The van der Waals surface area contributed by atoms with Gasteiger partial charge in [0.25, 0.3) is 5.91 Å². The van der Waals surface area contributed by atoms with Crippen LogP contribution in [-0.2, 0) is 9.53 Å². The molecule has 1 aromatic carbocycles. The predicted octanol–water partition coefficient (Wildman–Crippen LogP) is 2.99. The summed E-state index contributed by atoms with van der Waals surface area (Å²) in [4.78, 5) is 34.3. The van der Waals surface area contributed by atoms with Crippen LogP contribution in [-0.4, -0.2) is 83.8 Å². The first kappa shape index (κ1) is 26.0. The molecule has 3 atom stereocenters. The Labute approximate surface area is 211 Å². The topological polar surface area (TPSA) is 92.2 Å². The fraction of sp³-hybridized carbons (Fsp3) is 0.519. The molecule has 0 bridgehead atoms. The van der Waals surface area contributed by atoms with E-state index in [1.165, 1.54) is 12.3 Å². The monoisotopic (exact) mass is 499 g/mol. The van der Waals surface area contributed by atoms with E-state index in [1.54, 1.807) is 48.0 Å². The number of hydrogen-bond acceptors (Lipinski definition) is 6. The van der Waals surface area contributed by atoms with Gasteiger partial charge in [-0.05, 0) is 31.9 Å². The number of aromatic nitrogens is 1. The Morgan fingerprint density at radius 2 is 2.00 bits per heavy atom. The van der Waals surface area contributed by atoms with Gasteiger partial charge < -0.3 is 24.4 Å². The molecule has 2 aliphatic heterocycles. The number of ether oxygens (including phenoxy) is 2. The molecule has 194 valence electrons. The van der Waals surface area contributed by atoms with Crippen LogP contribution in [0.3, 0.4) is 0 Å². The third kappa shape index (κ3) is 5.52. The number of fused-ring (bicyclic) bond motifs is 1. The van der Waals surface area contributed by atoms with Gasteiger partial charge in [-0.3, -0.25) is 9.59 Å². The molecule has 0 unspecified atom stereocenters. The lowest BCUT2D eigenvalue weighted by atomic mass is 9.96. The molecule has 8 nitrogen and oxygen atoms in total. The number of hydrogen-bond donors (Lipinski definition) is 1. The van der Waals surface area contributed by atoms with Crippen molar-refractivity contribution in [2.24, 2.45) is 11.8 Å².